The van der Waals surface area contributed by atoms with E-state index in [-0.39, 0.29) is 5.91 Å². The van der Waals surface area contributed by atoms with Gasteiger partial charge in [-0.25, -0.2) is 0 Å². The predicted octanol–water partition coefficient (Wildman–Crippen LogP) is 1.33. The van der Waals surface area contributed by atoms with Crippen molar-refractivity contribution in [2.75, 3.05) is 60.9 Å². The molecule has 0 aliphatic carbocycles. The number of piperazine rings is 1. The average molecular weight is 403 g/mol. The van der Waals surface area contributed by atoms with Gasteiger partial charge in [0.1, 0.15) is 0 Å². The molecule has 2 N–H and O–H groups in total. The molecule has 7 heteroatoms. The first-order chi connectivity index (χ1) is 13.8. The van der Waals surface area contributed by atoms with Crippen molar-refractivity contribution >= 4 is 11.9 Å². The summed E-state index contributed by atoms with van der Waals surface area (Å²) in [5.74, 6) is 1.40. The van der Waals surface area contributed by atoms with E-state index in [0.717, 1.165) is 44.2 Å². The number of hydrogen-bond donors (Lipinski definition) is 2. The second kappa shape index (κ2) is 11.2. The Kier molecular flexibility index (Phi) is 8.92. The highest BCUT2D eigenvalue weighted by Crippen LogP contribution is 2.13. The van der Waals surface area contributed by atoms with Gasteiger partial charge in [-0.15, -0.1) is 0 Å². The van der Waals surface area contributed by atoms with Crippen molar-refractivity contribution in [1.82, 2.24) is 25.3 Å². The number of amides is 1. The molecule has 1 aromatic rings. The maximum atomic E-state index is 12.0. The summed E-state index contributed by atoms with van der Waals surface area (Å²) in [5, 5.41) is 6.88. The van der Waals surface area contributed by atoms with E-state index in [1.54, 1.807) is 26.0 Å². The van der Waals surface area contributed by atoms with Gasteiger partial charge in [-0.1, -0.05) is 26.0 Å². The Morgan fingerprint density at radius 2 is 1.72 bits per heavy atom. The van der Waals surface area contributed by atoms with Crippen molar-refractivity contribution in [3.63, 3.8) is 0 Å². The largest absolute Gasteiger partial charge is 0.355 e. The molecule has 0 bridgehead atoms. The van der Waals surface area contributed by atoms with Gasteiger partial charge in [0.2, 0.25) is 0 Å². The molecule has 2 rings (SSSR count). The Hall–Kier alpha value is -2.12. The molecular formula is C22H38N6O. The fourth-order valence-electron chi connectivity index (χ4n) is 3.57. The molecule has 1 amide bonds. The number of likely N-dealkylation sites (N-methyl/N-ethyl adjacent to an activating group) is 1. The molecule has 0 spiro atoms. The number of guanidine groups is 1. The zero-order valence-electron chi connectivity index (χ0n) is 18.9. The van der Waals surface area contributed by atoms with E-state index >= 15 is 0 Å². The molecule has 1 aliphatic rings. The Bertz CT molecular complexity index is 662. The van der Waals surface area contributed by atoms with Gasteiger partial charge in [-0.3, -0.25) is 14.7 Å². The number of nitrogens with zero attached hydrogens (tertiary/aromatic N) is 4. The molecule has 1 fully saturated rings. The van der Waals surface area contributed by atoms with E-state index in [1.165, 1.54) is 0 Å². The summed E-state index contributed by atoms with van der Waals surface area (Å²) in [6.07, 6.45) is 0. The standard InChI is InChI=1S/C22H38N6O/c1-17(2)20(28-13-11-27(6)12-14-28)16-25-22(23-3)24-15-18-7-9-19(10-8-18)21(29)26(4)5/h7-10,17,20H,11-16H2,1-6H3,(H2,23,24,25). The number of aliphatic imine (C=N–C) groups is 1. The van der Waals surface area contributed by atoms with Crippen LogP contribution in [0.1, 0.15) is 29.8 Å². The molecule has 1 unspecified atom stereocenters. The van der Waals surface area contributed by atoms with E-state index in [0.29, 0.717) is 24.1 Å². The molecular weight excluding hydrogens is 364 g/mol. The highest BCUT2D eigenvalue weighted by atomic mass is 16.2. The molecule has 1 aromatic carbocycles. The minimum atomic E-state index is 0.0191. The minimum absolute atomic E-state index is 0.0191. The van der Waals surface area contributed by atoms with E-state index < -0.39 is 0 Å². The monoisotopic (exact) mass is 402 g/mol. The van der Waals surface area contributed by atoms with E-state index in [2.05, 4.69) is 46.3 Å². The second-order valence-corrected chi connectivity index (χ2v) is 8.35. The first-order valence-electron chi connectivity index (χ1n) is 10.5. The van der Waals surface area contributed by atoms with Crippen molar-refractivity contribution in [2.24, 2.45) is 10.9 Å². The van der Waals surface area contributed by atoms with Crippen LogP contribution in [-0.4, -0.2) is 93.5 Å². The number of hydrogen-bond acceptors (Lipinski definition) is 4. The second-order valence-electron chi connectivity index (χ2n) is 8.35. The summed E-state index contributed by atoms with van der Waals surface area (Å²) in [6.45, 7) is 10.6. The lowest BCUT2D eigenvalue weighted by molar-refractivity contribution is 0.0827. The summed E-state index contributed by atoms with van der Waals surface area (Å²) in [6, 6.07) is 8.20. The van der Waals surface area contributed by atoms with Crippen LogP contribution >= 0.6 is 0 Å². The third-order valence-corrected chi connectivity index (χ3v) is 5.55. The summed E-state index contributed by atoms with van der Waals surface area (Å²) in [7, 11) is 7.52. The lowest BCUT2D eigenvalue weighted by Crippen LogP contribution is -2.55. The van der Waals surface area contributed by atoms with Gasteiger partial charge in [-0.2, -0.15) is 0 Å². The van der Waals surface area contributed by atoms with Crippen molar-refractivity contribution in [1.29, 1.82) is 0 Å². The number of benzene rings is 1. The number of nitrogens with one attached hydrogen (secondary N) is 2. The molecule has 1 aliphatic heterocycles. The van der Waals surface area contributed by atoms with Crippen LogP contribution in [0.5, 0.6) is 0 Å². The lowest BCUT2D eigenvalue weighted by Gasteiger charge is -2.40. The molecule has 7 nitrogen and oxygen atoms in total. The zero-order chi connectivity index (χ0) is 21.4. The predicted molar refractivity (Wildman–Crippen MR) is 120 cm³/mol. The fourth-order valence-corrected chi connectivity index (χ4v) is 3.57. The van der Waals surface area contributed by atoms with Gasteiger partial charge in [0, 0.05) is 72.0 Å². The normalized spacial score (nSPS) is 17.3. The van der Waals surface area contributed by atoms with Crippen LogP contribution in [0, 0.1) is 5.92 Å². The highest BCUT2D eigenvalue weighted by Gasteiger charge is 2.25. The Balaban J connectivity index is 1.85. The molecule has 0 saturated carbocycles. The maximum Gasteiger partial charge on any atom is 0.253 e. The van der Waals surface area contributed by atoms with Crippen LogP contribution in [0.25, 0.3) is 0 Å². The van der Waals surface area contributed by atoms with Crippen LogP contribution in [0.4, 0.5) is 0 Å². The van der Waals surface area contributed by atoms with Crippen molar-refractivity contribution < 1.29 is 4.79 Å². The van der Waals surface area contributed by atoms with E-state index in [9.17, 15) is 4.79 Å². The molecule has 0 aromatic heterocycles. The quantitative estimate of drug-likeness (QED) is 0.532. The zero-order valence-corrected chi connectivity index (χ0v) is 18.9. The van der Waals surface area contributed by atoms with Gasteiger partial charge in [0.25, 0.3) is 5.91 Å². The van der Waals surface area contributed by atoms with Crippen LogP contribution < -0.4 is 10.6 Å². The number of carbonyl (C=O) groups excluding carboxylic acids is 1. The summed E-state index contributed by atoms with van der Waals surface area (Å²) in [5.41, 5.74) is 1.82. The molecule has 162 valence electrons. The average Bonchev–Trinajstić information content (AvgIpc) is 2.71. The summed E-state index contributed by atoms with van der Waals surface area (Å²) >= 11 is 0. The van der Waals surface area contributed by atoms with E-state index in [1.807, 2.05) is 24.3 Å². The topological polar surface area (TPSA) is 63.2 Å². The van der Waals surface area contributed by atoms with Crippen molar-refractivity contribution in [2.45, 2.75) is 26.4 Å². The van der Waals surface area contributed by atoms with Gasteiger partial charge in [-0.05, 0) is 30.7 Å². The van der Waals surface area contributed by atoms with Gasteiger partial charge in [0.05, 0.1) is 0 Å². The van der Waals surface area contributed by atoms with Crippen LogP contribution in [-0.2, 0) is 6.54 Å². The molecule has 1 atom stereocenters. The summed E-state index contributed by atoms with van der Waals surface area (Å²) in [4.78, 5) is 22.9. The highest BCUT2D eigenvalue weighted by molar-refractivity contribution is 5.93. The minimum Gasteiger partial charge on any atom is -0.355 e. The van der Waals surface area contributed by atoms with Gasteiger partial charge >= 0.3 is 0 Å². The van der Waals surface area contributed by atoms with Crippen LogP contribution in [0.2, 0.25) is 0 Å². The SMILES string of the molecule is CN=C(NCc1ccc(C(=O)N(C)C)cc1)NCC(C(C)C)N1CCN(C)CC1. The van der Waals surface area contributed by atoms with E-state index in [4.69, 9.17) is 0 Å². The van der Waals surface area contributed by atoms with Gasteiger partial charge < -0.3 is 20.4 Å². The lowest BCUT2D eigenvalue weighted by atomic mass is 10.0. The Morgan fingerprint density at radius 3 is 2.24 bits per heavy atom. The van der Waals surface area contributed by atoms with Crippen LogP contribution in [0.15, 0.2) is 29.3 Å². The first-order valence-corrected chi connectivity index (χ1v) is 10.5. The molecule has 1 heterocycles. The first kappa shape index (κ1) is 23.2. The third kappa shape index (κ3) is 7.01. The van der Waals surface area contributed by atoms with Crippen molar-refractivity contribution in [3.8, 4) is 0 Å². The molecule has 1 saturated heterocycles. The fraction of sp³-hybridized carbons (Fsp3) is 0.636. The van der Waals surface area contributed by atoms with Crippen molar-refractivity contribution in [3.05, 3.63) is 35.4 Å². The third-order valence-electron chi connectivity index (χ3n) is 5.55. The number of rotatable bonds is 7. The molecule has 0 radical (unpaired) electrons. The van der Waals surface area contributed by atoms with Crippen LogP contribution in [0.3, 0.4) is 0 Å². The summed E-state index contributed by atoms with van der Waals surface area (Å²) < 4.78 is 0. The Morgan fingerprint density at radius 1 is 1.10 bits per heavy atom. The Labute approximate surface area is 176 Å². The molecule has 29 heavy (non-hydrogen) atoms. The smallest absolute Gasteiger partial charge is 0.253 e. The van der Waals surface area contributed by atoms with Gasteiger partial charge in [0.15, 0.2) is 5.96 Å². The maximum absolute atomic E-state index is 12.0. The number of carbonyl (C=O) groups is 1.